The number of hydrogen-bond donors (Lipinski definition) is 1. The zero-order chi connectivity index (χ0) is 15.6. The van der Waals surface area contributed by atoms with Gasteiger partial charge in [-0.1, -0.05) is 30.4 Å². The average Bonchev–Trinajstić information content (AvgIpc) is 3.09. The molecule has 5 rings (SSSR count). The molecule has 1 N–H and O–H groups in total. The van der Waals surface area contributed by atoms with Crippen LogP contribution in [0.5, 0.6) is 0 Å². The molecule has 1 spiro atoms. The van der Waals surface area contributed by atoms with E-state index < -0.39 is 17.4 Å². The van der Waals surface area contributed by atoms with E-state index in [1.54, 1.807) is 4.90 Å². The summed E-state index contributed by atoms with van der Waals surface area (Å²) in [5, 5.41) is 3.04. The summed E-state index contributed by atoms with van der Waals surface area (Å²) in [7, 11) is 0. The largest absolute Gasteiger partial charge is 0.360 e. The Labute approximate surface area is 134 Å². The lowest BCUT2D eigenvalue weighted by atomic mass is 9.77. The van der Waals surface area contributed by atoms with Crippen LogP contribution in [0.4, 0.5) is 5.69 Å². The predicted molar refractivity (Wildman–Crippen MR) is 83.7 cm³/mol. The summed E-state index contributed by atoms with van der Waals surface area (Å²) in [6.07, 6.45) is 5.76. The molecule has 118 valence electrons. The molecule has 2 saturated heterocycles. The van der Waals surface area contributed by atoms with Crippen molar-refractivity contribution in [1.82, 2.24) is 5.32 Å². The fraction of sp³-hybridized carbons (Fsp3) is 0.444. The minimum Gasteiger partial charge on any atom is -0.360 e. The normalized spacial score (nSPS) is 37.3. The molecule has 23 heavy (non-hydrogen) atoms. The number of anilines is 1. The fourth-order valence-corrected chi connectivity index (χ4v) is 4.15. The second kappa shape index (κ2) is 4.45. The molecule has 4 aliphatic rings. The van der Waals surface area contributed by atoms with Gasteiger partial charge in [0.15, 0.2) is 0 Å². The van der Waals surface area contributed by atoms with Crippen molar-refractivity contribution in [2.45, 2.75) is 30.6 Å². The molecule has 2 amide bonds. The van der Waals surface area contributed by atoms with E-state index in [0.29, 0.717) is 12.6 Å². The maximum Gasteiger partial charge on any atom is 0.234 e. The van der Waals surface area contributed by atoms with Crippen LogP contribution < -0.4 is 10.2 Å². The van der Waals surface area contributed by atoms with Gasteiger partial charge in [0.05, 0.1) is 24.5 Å². The average molecular weight is 310 g/mol. The maximum atomic E-state index is 13.0. The molecule has 5 heteroatoms. The van der Waals surface area contributed by atoms with Crippen LogP contribution in [0.3, 0.4) is 0 Å². The summed E-state index contributed by atoms with van der Waals surface area (Å²) in [5.74, 6) is -0.839. The van der Waals surface area contributed by atoms with Gasteiger partial charge in [-0.15, -0.1) is 0 Å². The van der Waals surface area contributed by atoms with Gasteiger partial charge in [0.25, 0.3) is 0 Å². The van der Waals surface area contributed by atoms with E-state index in [9.17, 15) is 9.59 Å². The van der Waals surface area contributed by atoms with Crippen LogP contribution in [0.15, 0.2) is 42.5 Å². The number of nitrogens with one attached hydrogen (secondary N) is 1. The Balaban J connectivity index is 1.48. The molecular formula is C18H18N2O3. The third-order valence-corrected chi connectivity index (χ3v) is 5.39. The number of carbonyl (C=O) groups excluding carboxylic acids is 2. The van der Waals surface area contributed by atoms with Gasteiger partial charge in [-0.05, 0) is 25.0 Å². The van der Waals surface area contributed by atoms with Gasteiger partial charge < -0.3 is 15.0 Å². The standard InChI is InChI=1S/C18H18N2O3/c21-16(19-11-6-7-11)14-13-8-9-18(23-13)10-20(17(22)15(14)18)12-4-2-1-3-5-12/h1-5,8-9,11,13-15H,6-7,10H2,(H,19,21). The molecule has 3 aliphatic heterocycles. The zero-order valence-electron chi connectivity index (χ0n) is 12.6. The molecule has 1 aromatic rings. The van der Waals surface area contributed by atoms with Gasteiger partial charge in [-0.25, -0.2) is 0 Å². The lowest BCUT2D eigenvalue weighted by molar-refractivity contribution is -0.132. The highest BCUT2D eigenvalue weighted by Crippen LogP contribution is 2.52. The van der Waals surface area contributed by atoms with Crippen molar-refractivity contribution in [3.63, 3.8) is 0 Å². The second-order valence-electron chi connectivity index (χ2n) is 6.94. The van der Waals surface area contributed by atoms with Gasteiger partial charge in [0, 0.05) is 11.7 Å². The van der Waals surface area contributed by atoms with Gasteiger partial charge in [-0.3, -0.25) is 9.59 Å². The van der Waals surface area contributed by atoms with E-state index in [2.05, 4.69) is 5.32 Å². The quantitative estimate of drug-likeness (QED) is 0.855. The van der Waals surface area contributed by atoms with E-state index in [-0.39, 0.29) is 17.9 Å². The van der Waals surface area contributed by atoms with E-state index in [1.807, 2.05) is 42.5 Å². The number of benzene rings is 1. The van der Waals surface area contributed by atoms with Crippen molar-refractivity contribution in [3.8, 4) is 0 Å². The SMILES string of the molecule is O=C(NC1CC1)C1C2C=CC3(CN(c4ccccc4)C(=O)C13)O2. The van der Waals surface area contributed by atoms with Crippen LogP contribution in [-0.2, 0) is 14.3 Å². The first-order valence-electron chi connectivity index (χ1n) is 8.22. The van der Waals surface area contributed by atoms with Gasteiger partial charge >= 0.3 is 0 Å². The smallest absolute Gasteiger partial charge is 0.234 e. The lowest BCUT2D eigenvalue weighted by Gasteiger charge is -2.23. The van der Waals surface area contributed by atoms with Crippen molar-refractivity contribution in [1.29, 1.82) is 0 Å². The van der Waals surface area contributed by atoms with Crippen LogP contribution in [-0.4, -0.2) is 36.1 Å². The van der Waals surface area contributed by atoms with Crippen LogP contribution in [0, 0.1) is 11.8 Å². The Morgan fingerprint density at radius 2 is 2.04 bits per heavy atom. The predicted octanol–water partition coefficient (Wildman–Crippen LogP) is 1.25. The molecule has 3 heterocycles. The fourth-order valence-electron chi connectivity index (χ4n) is 4.15. The third kappa shape index (κ3) is 1.83. The molecule has 3 fully saturated rings. The molecule has 5 nitrogen and oxygen atoms in total. The molecule has 0 aromatic heterocycles. The highest BCUT2D eigenvalue weighted by atomic mass is 16.5. The highest BCUT2D eigenvalue weighted by molar-refractivity contribution is 6.03. The first-order valence-corrected chi connectivity index (χ1v) is 8.22. The number of ether oxygens (including phenoxy) is 1. The molecular weight excluding hydrogens is 292 g/mol. The Bertz CT molecular complexity index is 712. The number of amides is 2. The molecule has 0 radical (unpaired) electrons. The maximum absolute atomic E-state index is 13.0. The van der Waals surface area contributed by atoms with Crippen molar-refractivity contribution in [2.24, 2.45) is 11.8 Å². The van der Waals surface area contributed by atoms with E-state index in [0.717, 1.165) is 18.5 Å². The molecule has 1 aliphatic carbocycles. The Morgan fingerprint density at radius 3 is 2.78 bits per heavy atom. The van der Waals surface area contributed by atoms with Crippen molar-refractivity contribution in [2.75, 3.05) is 11.4 Å². The van der Waals surface area contributed by atoms with Gasteiger partial charge in [-0.2, -0.15) is 0 Å². The van der Waals surface area contributed by atoms with Crippen LogP contribution >= 0.6 is 0 Å². The molecule has 1 saturated carbocycles. The summed E-state index contributed by atoms with van der Waals surface area (Å²) in [5.41, 5.74) is 0.228. The van der Waals surface area contributed by atoms with Crippen LogP contribution in [0.25, 0.3) is 0 Å². The van der Waals surface area contributed by atoms with Crippen LogP contribution in [0.2, 0.25) is 0 Å². The monoisotopic (exact) mass is 310 g/mol. The van der Waals surface area contributed by atoms with Crippen molar-refractivity contribution in [3.05, 3.63) is 42.5 Å². The summed E-state index contributed by atoms with van der Waals surface area (Å²) in [6.45, 7) is 0.487. The molecule has 4 unspecified atom stereocenters. The topological polar surface area (TPSA) is 58.6 Å². The first-order chi connectivity index (χ1) is 11.2. The highest BCUT2D eigenvalue weighted by Gasteiger charge is 2.67. The lowest BCUT2D eigenvalue weighted by Crippen LogP contribution is -2.44. The van der Waals surface area contributed by atoms with Gasteiger partial charge in [0.2, 0.25) is 11.8 Å². The minimum absolute atomic E-state index is 0.000929. The van der Waals surface area contributed by atoms with E-state index >= 15 is 0 Å². The summed E-state index contributed by atoms with van der Waals surface area (Å²) < 4.78 is 6.11. The van der Waals surface area contributed by atoms with Crippen molar-refractivity contribution < 1.29 is 14.3 Å². The third-order valence-electron chi connectivity index (χ3n) is 5.39. The molecule has 1 aromatic carbocycles. The summed E-state index contributed by atoms with van der Waals surface area (Å²) >= 11 is 0. The zero-order valence-corrected chi connectivity index (χ0v) is 12.6. The number of para-hydroxylation sites is 1. The minimum atomic E-state index is -0.636. The Kier molecular flexibility index (Phi) is 2.57. The first kappa shape index (κ1) is 13.3. The summed E-state index contributed by atoms with van der Waals surface area (Å²) in [6, 6.07) is 9.90. The number of nitrogens with zero attached hydrogens (tertiary/aromatic N) is 1. The number of hydrogen-bond acceptors (Lipinski definition) is 3. The van der Waals surface area contributed by atoms with E-state index in [1.165, 1.54) is 0 Å². The van der Waals surface area contributed by atoms with Crippen LogP contribution in [0.1, 0.15) is 12.8 Å². The summed E-state index contributed by atoms with van der Waals surface area (Å²) in [4.78, 5) is 27.4. The van der Waals surface area contributed by atoms with Gasteiger partial charge in [0.1, 0.15) is 5.60 Å². The second-order valence-corrected chi connectivity index (χ2v) is 6.94. The van der Waals surface area contributed by atoms with Crippen molar-refractivity contribution >= 4 is 17.5 Å². The number of fused-ring (bicyclic) bond motifs is 1. The number of rotatable bonds is 3. The molecule has 4 atom stereocenters. The Morgan fingerprint density at radius 1 is 1.26 bits per heavy atom. The van der Waals surface area contributed by atoms with E-state index in [4.69, 9.17) is 4.74 Å². The Hall–Kier alpha value is -2.14. The molecule has 2 bridgehead atoms. The number of carbonyl (C=O) groups is 2.